The van der Waals surface area contributed by atoms with E-state index < -0.39 is 10.0 Å². The van der Waals surface area contributed by atoms with E-state index in [1.807, 2.05) is 6.92 Å². The summed E-state index contributed by atoms with van der Waals surface area (Å²) in [4.78, 5) is 0.293. The summed E-state index contributed by atoms with van der Waals surface area (Å²) in [5.41, 5.74) is 6.17. The second-order valence-corrected chi connectivity index (χ2v) is 8.03. The number of nitrogen functional groups attached to an aromatic ring is 1. The highest BCUT2D eigenvalue weighted by Gasteiger charge is 2.42. The van der Waals surface area contributed by atoms with E-state index in [9.17, 15) is 8.42 Å². The molecule has 0 unspecified atom stereocenters. The molecule has 2 saturated carbocycles. The largest absolute Gasteiger partial charge is 0.399 e. The third-order valence-corrected chi connectivity index (χ3v) is 6.54. The van der Waals surface area contributed by atoms with Crippen LogP contribution in [0, 0.1) is 17.8 Å². The van der Waals surface area contributed by atoms with E-state index in [4.69, 9.17) is 5.73 Å². The number of anilines is 1. The van der Waals surface area contributed by atoms with E-state index in [2.05, 4.69) is 4.72 Å². The number of nitrogens with two attached hydrogens (primary N) is 1. The van der Waals surface area contributed by atoms with Gasteiger partial charge in [0.25, 0.3) is 0 Å². The molecular formula is C15H22N2O2S. The van der Waals surface area contributed by atoms with Gasteiger partial charge in [0.15, 0.2) is 0 Å². The summed E-state index contributed by atoms with van der Waals surface area (Å²) in [7, 11) is -3.44. The number of hydrogen-bond donors (Lipinski definition) is 2. The average molecular weight is 294 g/mol. The number of sulfonamides is 1. The first kappa shape index (κ1) is 13.9. The highest BCUT2D eigenvalue weighted by Crippen LogP contribution is 2.49. The molecule has 5 heteroatoms. The minimum atomic E-state index is -3.44. The first-order chi connectivity index (χ1) is 9.45. The molecule has 0 aliphatic heterocycles. The van der Waals surface area contributed by atoms with Gasteiger partial charge in [0.2, 0.25) is 10.0 Å². The molecule has 2 aliphatic rings. The fraction of sp³-hybridized carbons (Fsp3) is 0.600. The third kappa shape index (κ3) is 2.56. The topological polar surface area (TPSA) is 72.2 Å². The molecule has 2 aliphatic carbocycles. The third-order valence-electron chi connectivity index (χ3n) is 4.97. The monoisotopic (exact) mass is 294 g/mol. The summed E-state index contributed by atoms with van der Waals surface area (Å²) in [5, 5.41) is 0. The normalized spacial score (nSPS) is 30.6. The van der Waals surface area contributed by atoms with Crippen molar-refractivity contribution in [1.29, 1.82) is 0 Å². The molecule has 0 aromatic heterocycles. The molecule has 3 rings (SSSR count). The van der Waals surface area contributed by atoms with Crippen LogP contribution in [0.4, 0.5) is 5.69 Å². The van der Waals surface area contributed by atoms with Crippen molar-refractivity contribution in [1.82, 2.24) is 4.72 Å². The number of hydrogen-bond acceptors (Lipinski definition) is 3. The molecule has 4 atom stereocenters. The lowest BCUT2D eigenvalue weighted by Gasteiger charge is -2.28. The summed E-state index contributed by atoms with van der Waals surface area (Å²) >= 11 is 0. The number of rotatable bonds is 4. The van der Waals surface area contributed by atoms with E-state index in [1.54, 1.807) is 24.3 Å². The van der Waals surface area contributed by atoms with Crippen molar-refractivity contribution in [2.45, 2.75) is 43.5 Å². The standard InChI is InChI=1S/C15H22N2O2S/c1-10(15-9-11-2-3-12(15)8-11)17-20(18,19)14-6-4-13(16)5-7-14/h4-7,10-12,15,17H,2-3,8-9,16H2,1H3/t10-,11+,12-,15+/m0/s1. The zero-order valence-electron chi connectivity index (χ0n) is 11.7. The molecule has 0 radical (unpaired) electrons. The molecule has 1 aromatic carbocycles. The minimum absolute atomic E-state index is 0.00727. The Morgan fingerprint density at radius 1 is 1.20 bits per heavy atom. The van der Waals surface area contributed by atoms with Crippen molar-refractivity contribution in [3.63, 3.8) is 0 Å². The molecule has 0 amide bonds. The van der Waals surface area contributed by atoms with Crippen molar-refractivity contribution < 1.29 is 8.42 Å². The molecule has 0 spiro atoms. The van der Waals surface area contributed by atoms with E-state index in [1.165, 1.54) is 25.7 Å². The maximum Gasteiger partial charge on any atom is 0.240 e. The van der Waals surface area contributed by atoms with E-state index in [0.29, 0.717) is 22.4 Å². The van der Waals surface area contributed by atoms with Crippen LogP contribution in [0.2, 0.25) is 0 Å². The lowest BCUT2D eigenvalue weighted by atomic mass is 9.84. The Hall–Kier alpha value is -1.07. The smallest absolute Gasteiger partial charge is 0.240 e. The SMILES string of the molecule is C[C@H](NS(=O)(=O)c1ccc(N)cc1)[C@H]1C[C@@H]2CC[C@H]1C2. The van der Waals surface area contributed by atoms with Gasteiger partial charge in [0, 0.05) is 11.7 Å². The lowest BCUT2D eigenvalue weighted by Crippen LogP contribution is -2.40. The lowest BCUT2D eigenvalue weighted by molar-refractivity contribution is 0.280. The van der Waals surface area contributed by atoms with Gasteiger partial charge in [-0.3, -0.25) is 0 Å². The zero-order valence-corrected chi connectivity index (χ0v) is 12.6. The van der Waals surface area contributed by atoms with Crippen LogP contribution in [0.3, 0.4) is 0 Å². The Bertz CT molecular complexity index is 582. The molecule has 0 heterocycles. The van der Waals surface area contributed by atoms with Gasteiger partial charge in [0.05, 0.1) is 4.90 Å². The fourth-order valence-electron chi connectivity index (χ4n) is 3.95. The predicted octanol–water partition coefficient (Wildman–Crippen LogP) is 2.37. The first-order valence-electron chi connectivity index (χ1n) is 7.33. The van der Waals surface area contributed by atoms with Crippen molar-refractivity contribution >= 4 is 15.7 Å². The van der Waals surface area contributed by atoms with E-state index in [0.717, 1.165) is 5.92 Å². The highest BCUT2D eigenvalue weighted by atomic mass is 32.2. The van der Waals surface area contributed by atoms with Gasteiger partial charge in [-0.1, -0.05) is 6.42 Å². The quantitative estimate of drug-likeness (QED) is 0.837. The van der Waals surface area contributed by atoms with Crippen molar-refractivity contribution in [3.05, 3.63) is 24.3 Å². The van der Waals surface area contributed by atoms with Gasteiger partial charge < -0.3 is 5.73 Å². The molecule has 4 nitrogen and oxygen atoms in total. The maximum atomic E-state index is 12.4. The molecular weight excluding hydrogens is 272 g/mol. The Morgan fingerprint density at radius 2 is 1.90 bits per heavy atom. The predicted molar refractivity (Wildman–Crippen MR) is 79.6 cm³/mol. The van der Waals surface area contributed by atoms with Crippen LogP contribution in [0.5, 0.6) is 0 Å². The summed E-state index contributed by atoms with van der Waals surface area (Å²) in [6, 6.07) is 6.37. The van der Waals surface area contributed by atoms with Gasteiger partial charge in [0.1, 0.15) is 0 Å². The second-order valence-electron chi connectivity index (χ2n) is 6.32. The average Bonchev–Trinajstić information content (AvgIpc) is 3.01. The summed E-state index contributed by atoms with van der Waals surface area (Å²) in [5.74, 6) is 2.04. The summed E-state index contributed by atoms with van der Waals surface area (Å²) in [6.45, 7) is 2.00. The molecule has 3 N–H and O–H groups in total. The Labute approximate surface area is 120 Å². The van der Waals surface area contributed by atoms with Crippen LogP contribution in [0.1, 0.15) is 32.6 Å². The van der Waals surface area contributed by atoms with Gasteiger partial charge in [-0.15, -0.1) is 0 Å². The summed E-state index contributed by atoms with van der Waals surface area (Å²) in [6.07, 6.45) is 5.07. The highest BCUT2D eigenvalue weighted by molar-refractivity contribution is 7.89. The van der Waals surface area contributed by atoms with E-state index >= 15 is 0 Å². The molecule has 110 valence electrons. The van der Waals surface area contributed by atoms with Crippen molar-refractivity contribution in [2.75, 3.05) is 5.73 Å². The van der Waals surface area contributed by atoms with Crippen LogP contribution in [-0.2, 0) is 10.0 Å². The van der Waals surface area contributed by atoms with Crippen LogP contribution < -0.4 is 10.5 Å². The minimum Gasteiger partial charge on any atom is -0.399 e. The second kappa shape index (κ2) is 5.04. The molecule has 0 saturated heterocycles. The van der Waals surface area contributed by atoms with Crippen LogP contribution in [0.15, 0.2) is 29.2 Å². The van der Waals surface area contributed by atoms with Crippen LogP contribution >= 0.6 is 0 Å². The van der Waals surface area contributed by atoms with Crippen molar-refractivity contribution in [3.8, 4) is 0 Å². The molecule has 2 bridgehead atoms. The maximum absolute atomic E-state index is 12.4. The number of fused-ring (bicyclic) bond motifs is 2. The fourth-order valence-corrected chi connectivity index (χ4v) is 5.25. The van der Waals surface area contributed by atoms with Crippen molar-refractivity contribution in [2.24, 2.45) is 17.8 Å². The Kier molecular flexibility index (Phi) is 3.50. The Balaban J connectivity index is 1.71. The van der Waals surface area contributed by atoms with E-state index in [-0.39, 0.29) is 6.04 Å². The van der Waals surface area contributed by atoms with Crippen LogP contribution in [0.25, 0.3) is 0 Å². The zero-order chi connectivity index (χ0) is 14.3. The molecule has 2 fully saturated rings. The first-order valence-corrected chi connectivity index (χ1v) is 8.82. The molecule has 20 heavy (non-hydrogen) atoms. The number of nitrogens with one attached hydrogen (secondary N) is 1. The Morgan fingerprint density at radius 3 is 2.45 bits per heavy atom. The van der Waals surface area contributed by atoms with Gasteiger partial charge in [-0.05, 0) is 68.2 Å². The molecule has 1 aromatic rings. The van der Waals surface area contributed by atoms with Gasteiger partial charge in [-0.25, -0.2) is 13.1 Å². The summed E-state index contributed by atoms with van der Waals surface area (Å²) < 4.78 is 27.6. The number of benzene rings is 1. The van der Waals surface area contributed by atoms with Crippen LogP contribution in [-0.4, -0.2) is 14.5 Å². The van der Waals surface area contributed by atoms with Gasteiger partial charge >= 0.3 is 0 Å². The van der Waals surface area contributed by atoms with Gasteiger partial charge in [-0.2, -0.15) is 0 Å².